The number of rotatable bonds is 4. The first kappa shape index (κ1) is 20.0. The summed E-state index contributed by atoms with van der Waals surface area (Å²) in [4.78, 5) is 16.6. The number of benzene rings is 2. The highest BCUT2D eigenvalue weighted by atomic mass is 32.1. The number of hydrogen-bond acceptors (Lipinski definition) is 4. The Kier molecular flexibility index (Phi) is 5.59. The van der Waals surface area contributed by atoms with Crippen molar-refractivity contribution in [2.45, 2.75) is 45.2 Å². The number of anilines is 1. The third kappa shape index (κ3) is 4.14. The Morgan fingerprint density at radius 2 is 1.87 bits per heavy atom. The maximum absolute atomic E-state index is 13.0. The average Bonchev–Trinajstić information content (AvgIpc) is 3.15. The molecule has 1 amide bonds. The van der Waals surface area contributed by atoms with E-state index in [1.54, 1.807) is 11.3 Å². The second-order valence-electron chi connectivity index (χ2n) is 8.41. The summed E-state index contributed by atoms with van der Waals surface area (Å²) in [5.41, 5.74) is 6.39. The second-order valence-corrected chi connectivity index (χ2v) is 9.52. The average molecular weight is 428 g/mol. The maximum Gasteiger partial charge on any atom is 0.256 e. The minimum atomic E-state index is -0.121. The van der Waals surface area contributed by atoms with Crippen molar-refractivity contribution in [1.82, 2.24) is 4.90 Å². The fourth-order valence-electron chi connectivity index (χ4n) is 4.69. The summed E-state index contributed by atoms with van der Waals surface area (Å²) >= 11 is 1.56. The van der Waals surface area contributed by atoms with Gasteiger partial charge < -0.3 is 5.32 Å². The molecule has 2 aromatic carbocycles. The molecule has 0 fully saturated rings. The topological polar surface area (TPSA) is 56.1 Å². The molecule has 0 saturated heterocycles. The lowest BCUT2D eigenvalue weighted by Gasteiger charge is -2.26. The normalized spacial score (nSPS) is 15.6. The van der Waals surface area contributed by atoms with Crippen molar-refractivity contribution < 1.29 is 4.79 Å². The molecule has 1 N–H and O–H groups in total. The van der Waals surface area contributed by atoms with Gasteiger partial charge in [0, 0.05) is 30.1 Å². The van der Waals surface area contributed by atoms with Crippen LogP contribution in [0.25, 0.3) is 0 Å². The molecule has 0 unspecified atom stereocenters. The van der Waals surface area contributed by atoms with Crippen molar-refractivity contribution in [2.24, 2.45) is 0 Å². The minimum absolute atomic E-state index is 0.121. The zero-order valence-corrected chi connectivity index (χ0v) is 18.3. The molecule has 0 spiro atoms. The molecule has 0 atom stereocenters. The van der Waals surface area contributed by atoms with Crippen molar-refractivity contribution in [3.05, 3.63) is 86.8 Å². The molecule has 2 aliphatic rings. The number of nitrogens with zero attached hydrogens (tertiary/aromatic N) is 2. The summed E-state index contributed by atoms with van der Waals surface area (Å²) < 4.78 is 0. The quantitative estimate of drug-likeness (QED) is 0.614. The highest BCUT2D eigenvalue weighted by molar-refractivity contribution is 7.16. The molecule has 0 bridgehead atoms. The monoisotopic (exact) mass is 427 g/mol. The molecule has 1 aromatic heterocycles. The van der Waals surface area contributed by atoms with Crippen LogP contribution in [0.15, 0.2) is 48.5 Å². The van der Waals surface area contributed by atoms with Gasteiger partial charge in [-0.2, -0.15) is 5.26 Å². The second kappa shape index (κ2) is 8.66. The third-order valence-electron chi connectivity index (χ3n) is 6.33. The molecule has 0 radical (unpaired) electrons. The molecule has 31 heavy (non-hydrogen) atoms. The van der Waals surface area contributed by atoms with Gasteiger partial charge in [-0.05, 0) is 66.5 Å². The number of nitriles is 1. The number of aryl methyl sites for hydroxylation is 2. The molecule has 1 aliphatic carbocycles. The Balaban J connectivity index is 1.34. The standard InChI is InChI=1S/C26H25N3OS/c27-15-23-22-12-13-29(16-18-6-2-1-3-7-18)17-24(22)31-26(23)28-25(30)21-11-10-19-8-4-5-9-20(19)14-21/h1-3,6-7,10-11,14H,4-5,8-9,12-13,16-17H2,(H,28,30). The molecule has 5 rings (SSSR count). The predicted octanol–water partition coefficient (Wildman–Crippen LogP) is 5.31. The number of carbonyl (C=O) groups excluding carboxylic acids is 1. The number of nitrogens with one attached hydrogen (secondary N) is 1. The number of thiophene rings is 1. The highest BCUT2D eigenvalue weighted by Crippen LogP contribution is 2.37. The van der Waals surface area contributed by atoms with E-state index in [0.29, 0.717) is 16.1 Å². The summed E-state index contributed by atoms with van der Waals surface area (Å²) in [6.07, 6.45) is 5.41. The first-order valence-corrected chi connectivity index (χ1v) is 11.8. The van der Waals surface area contributed by atoms with E-state index < -0.39 is 0 Å². The predicted molar refractivity (Wildman–Crippen MR) is 124 cm³/mol. The number of amides is 1. The number of hydrogen-bond donors (Lipinski definition) is 1. The lowest BCUT2D eigenvalue weighted by molar-refractivity contribution is 0.102. The van der Waals surface area contributed by atoms with Crippen LogP contribution in [0.2, 0.25) is 0 Å². The van der Waals surface area contributed by atoms with Crippen molar-refractivity contribution in [1.29, 1.82) is 5.26 Å². The van der Waals surface area contributed by atoms with Gasteiger partial charge in [-0.1, -0.05) is 36.4 Å². The van der Waals surface area contributed by atoms with E-state index >= 15 is 0 Å². The lowest BCUT2D eigenvalue weighted by atomic mass is 9.90. The van der Waals surface area contributed by atoms with Crippen LogP contribution in [0.3, 0.4) is 0 Å². The van der Waals surface area contributed by atoms with Gasteiger partial charge in [0.1, 0.15) is 11.1 Å². The molecule has 5 heteroatoms. The molecule has 2 heterocycles. The molecule has 0 saturated carbocycles. The molecule has 156 valence electrons. The third-order valence-corrected chi connectivity index (χ3v) is 7.47. The number of carbonyl (C=O) groups is 1. The molecule has 1 aliphatic heterocycles. The van der Waals surface area contributed by atoms with Crippen LogP contribution in [0.1, 0.15) is 55.9 Å². The lowest BCUT2D eigenvalue weighted by Crippen LogP contribution is -2.29. The Morgan fingerprint density at radius 3 is 2.68 bits per heavy atom. The van der Waals surface area contributed by atoms with Crippen molar-refractivity contribution in [3.8, 4) is 6.07 Å². The van der Waals surface area contributed by atoms with E-state index in [9.17, 15) is 10.1 Å². The largest absolute Gasteiger partial charge is 0.312 e. The Bertz CT molecular complexity index is 1160. The molecular formula is C26H25N3OS. The first-order valence-electron chi connectivity index (χ1n) is 11.0. The van der Waals surface area contributed by atoms with Crippen LogP contribution in [0, 0.1) is 11.3 Å². The number of fused-ring (bicyclic) bond motifs is 2. The van der Waals surface area contributed by atoms with Gasteiger partial charge in [0.15, 0.2) is 0 Å². The van der Waals surface area contributed by atoms with Gasteiger partial charge in [0.25, 0.3) is 5.91 Å². The highest BCUT2D eigenvalue weighted by Gasteiger charge is 2.25. The fourth-order valence-corrected chi connectivity index (χ4v) is 5.92. The fraction of sp³-hybridized carbons (Fsp3) is 0.308. The summed E-state index contributed by atoms with van der Waals surface area (Å²) in [5.74, 6) is -0.121. The summed E-state index contributed by atoms with van der Waals surface area (Å²) in [7, 11) is 0. The molecule has 4 nitrogen and oxygen atoms in total. The van der Waals surface area contributed by atoms with Crippen molar-refractivity contribution in [2.75, 3.05) is 11.9 Å². The van der Waals surface area contributed by atoms with Gasteiger partial charge in [-0.25, -0.2) is 0 Å². The van der Waals surface area contributed by atoms with E-state index in [4.69, 9.17) is 0 Å². The van der Waals surface area contributed by atoms with Crippen LogP contribution >= 0.6 is 11.3 Å². The van der Waals surface area contributed by atoms with Crippen LogP contribution < -0.4 is 5.32 Å². The van der Waals surface area contributed by atoms with Gasteiger partial charge in [-0.3, -0.25) is 9.69 Å². The Labute approximate surface area is 187 Å². The van der Waals surface area contributed by atoms with E-state index in [2.05, 4.69) is 46.6 Å². The van der Waals surface area contributed by atoms with Crippen molar-refractivity contribution in [3.63, 3.8) is 0 Å². The maximum atomic E-state index is 13.0. The van der Waals surface area contributed by atoms with Crippen LogP contribution in [0.4, 0.5) is 5.00 Å². The van der Waals surface area contributed by atoms with Crippen molar-refractivity contribution >= 4 is 22.2 Å². The van der Waals surface area contributed by atoms with Gasteiger partial charge >= 0.3 is 0 Å². The van der Waals surface area contributed by atoms with E-state index in [-0.39, 0.29) is 5.91 Å². The molecular weight excluding hydrogens is 402 g/mol. The zero-order chi connectivity index (χ0) is 21.2. The first-order chi connectivity index (χ1) is 15.2. The van der Waals surface area contributed by atoms with Crippen LogP contribution in [-0.2, 0) is 32.4 Å². The SMILES string of the molecule is N#Cc1c(NC(=O)c2ccc3c(c2)CCCC3)sc2c1CCN(Cc1ccccc1)C2. The summed E-state index contributed by atoms with van der Waals surface area (Å²) in [5, 5.41) is 13.5. The van der Waals surface area contributed by atoms with E-state index in [0.717, 1.165) is 44.5 Å². The van der Waals surface area contributed by atoms with Crippen LogP contribution in [-0.4, -0.2) is 17.4 Å². The van der Waals surface area contributed by atoms with Gasteiger partial charge in [0.05, 0.1) is 5.56 Å². The summed E-state index contributed by atoms with van der Waals surface area (Å²) in [6.45, 7) is 2.64. The minimum Gasteiger partial charge on any atom is -0.312 e. The Morgan fingerprint density at radius 1 is 1.06 bits per heavy atom. The van der Waals surface area contributed by atoms with Crippen LogP contribution in [0.5, 0.6) is 0 Å². The Hall–Kier alpha value is -2.94. The van der Waals surface area contributed by atoms with E-state index in [1.807, 2.05) is 18.2 Å². The van der Waals surface area contributed by atoms with Gasteiger partial charge in [-0.15, -0.1) is 11.3 Å². The van der Waals surface area contributed by atoms with Gasteiger partial charge in [0.2, 0.25) is 0 Å². The smallest absolute Gasteiger partial charge is 0.256 e. The molecule has 3 aromatic rings. The summed E-state index contributed by atoms with van der Waals surface area (Å²) in [6, 6.07) is 18.9. The van der Waals surface area contributed by atoms with E-state index in [1.165, 1.54) is 34.4 Å². The zero-order valence-electron chi connectivity index (χ0n) is 17.5.